The molecule has 1 heterocycles. The molecule has 1 aliphatic heterocycles. The number of carbonyl (C=O) groups is 12. The quantitative estimate of drug-likeness (QED) is 0.0156. The number of unbranched alkanes of at least 4 members (excludes halogenated alkanes) is 10. The van der Waals surface area contributed by atoms with E-state index in [4.69, 9.17) is 33.5 Å². The van der Waals surface area contributed by atoms with Crippen LogP contribution in [0.2, 0.25) is 0 Å². The minimum Gasteiger partial charge on any atom is -0.481 e. The van der Waals surface area contributed by atoms with Crippen LogP contribution >= 0.6 is 11.6 Å². The van der Waals surface area contributed by atoms with E-state index in [-0.39, 0.29) is 45.3 Å². The third-order valence-corrected chi connectivity index (χ3v) is 14.7. The summed E-state index contributed by atoms with van der Waals surface area (Å²) < 4.78 is 5.33. The van der Waals surface area contributed by atoms with Gasteiger partial charge in [0.2, 0.25) is 47.3 Å². The molecule has 0 spiro atoms. The zero-order valence-corrected chi connectivity index (χ0v) is 51.9. The molecule has 32 heteroatoms. The van der Waals surface area contributed by atoms with Crippen molar-refractivity contribution >= 4 is 82.7 Å². The summed E-state index contributed by atoms with van der Waals surface area (Å²) in [6.07, 6.45) is 2.23. The number of cyclic esters (lactones) is 1. The van der Waals surface area contributed by atoms with Gasteiger partial charge >= 0.3 is 17.9 Å². The average Bonchev–Trinajstić information content (AvgIpc) is 1.57. The molecule has 0 aromatic heterocycles. The Kier molecular flexibility index (Phi) is 37.2. The molecule has 0 aliphatic carbocycles. The Bertz CT molecular complexity index is 2580. The summed E-state index contributed by atoms with van der Waals surface area (Å²) in [4.78, 5) is 164. The number of carboxylic acid groups (broad SMARTS) is 2. The Morgan fingerprint density at radius 3 is 1.71 bits per heavy atom. The van der Waals surface area contributed by atoms with Crippen LogP contribution in [0.1, 0.15) is 147 Å². The highest BCUT2D eigenvalue weighted by molar-refractivity contribution is 6.18. The fraction of sp³-hybridized carbons (Fsp3) is 0.655. The molecular formula is C58H93ClN12O19. The van der Waals surface area contributed by atoms with Crippen molar-refractivity contribution in [1.29, 1.82) is 0 Å². The lowest BCUT2D eigenvalue weighted by molar-refractivity contribution is -0.155. The zero-order valence-electron chi connectivity index (χ0n) is 51.2. The summed E-state index contributed by atoms with van der Waals surface area (Å²) in [5, 5.41) is 83.1. The number of ether oxygens (including phenoxy) is 1. The number of hydrogen-bond acceptors (Lipinski definition) is 20. The first-order valence-electron chi connectivity index (χ1n) is 30.3. The minimum atomic E-state index is -2.84. The van der Waals surface area contributed by atoms with E-state index in [0.29, 0.717) is 12.0 Å². The number of halogens is 1. The lowest BCUT2D eigenvalue weighted by atomic mass is 9.99. The monoisotopic (exact) mass is 1300 g/mol. The first-order valence-corrected chi connectivity index (χ1v) is 30.8. The van der Waals surface area contributed by atoms with Gasteiger partial charge in [0, 0.05) is 0 Å². The van der Waals surface area contributed by atoms with Gasteiger partial charge in [0.1, 0.15) is 54.6 Å². The van der Waals surface area contributed by atoms with Gasteiger partial charge in [0.05, 0.1) is 37.0 Å². The summed E-state index contributed by atoms with van der Waals surface area (Å²) in [7, 11) is 0. The van der Waals surface area contributed by atoms with Crippen LogP contribution in [-0.4, -0.2) is 200 Å². The van der Waals surface area contributed by atoms with Crippen molar-refractivity contribution in [3.8, 4) is 0 Å². The largest absolute Gasteiger partial charge is 0.481 e. The van der Waals surface area contributed by atoms with Gasteiger partial charge in [-0.25, -0.2) is 9.59 Å². The second kappa shape index (κ2) is 42.6. The Balaban J connectivity index is 2.75. The fourth-order valence-corrected chi connectivity index (χ4v) is 9.46. The molecule has 1 aromatic carbocycles. The van der Waals surface area contributed by atoms with E-state index in [0.717, 1.165) is 50.7 Å². The summed E-state index contributed by atoms with van der Waals surface area (Å²) in [5.41, 5.74) is 17.7. The van der Waals surface area contributed by atoms with Crippen LogP contribution in [-0.2, 0) is 68.7 Å². The predicted molar refractivity (Wildman–Crippen MR) is 324 cm³/mol. The van der Waals surface area contributed by atoms with Crippen molar-refractivity contribution in [1.82, 2.24) is 47.9 Å². The average molecular weight is 1300 g/mol. The van der Waals surface area contributed by atoms with Crippen molar-refractivity contribution in [2.24, 2.45) is 17.2 Å². The van der Waals surface area contributed by atoms with Crippen molar-refractivity contribution in [2.75, 3.05) is 32.1 Å². The minimum absolute atomic E-state index is 0.118. The van der Waals surface area contributed by atoms with Gasteiger partial charge in [-0.2, -0.15) is 0 Å². The molecule has 506 valence electrons. The van der Waals surface area contributed by atoms with Crippen LogP contribution in [0, 0.1) is 0 Å². The second-order valence-electron chi connectivity index (χ2n) is 21.8. The number of allylic oxidation sites excluding steroid dienone is 1. The normalized spacial score (nSPS) is 23.5. The third kappa shape index (κ3) is 28.2. The molecule has 90 heavy (non-hydrogen) atoms. The number of aryl methyl sites for hydroxylation is 1. The number of alkyl halides is 1. The van der Waals surface area contributed by atoms with Gasteiger partial charge in [-0.1, -0.05) is 95.1 Å². The molecule has 0 saturated carbocycles. The van der Waals surface area contributed by atoms with Crippen molar-refractivity contribution in [3.63, 3.8) is 0 Å². The first-order chi connectivity index (χ1) is 42.8. The molecule has 21 N–H and O–H groups in total. The standard InChI is InChI=1S/C58H93ClN12O19/c1-4-6-7-8-9-10-11-12-13-14-18-33-19-17-20-34(27-33)41(73)29-43(75)63-40-31-90-58(89)46(42(74)30-59)70-56(86)47(48(78)57(87)88)71-49(79)35(5-2)64-55(85)45(32(3)72)69-52(82)38(23-26-62)66-50(80)36(21-15-16-24-60)65-53(83)39(28-44(76)77)68-51(81)37(22-25-61)67-54(40)84/h5,17,19-20,27,32,36-42,45-48,72-74,78H,4,6-16,18,21-26,28-31,60-62H2,1-3H3,(H,63,75)(H,64,85)(H,65,83)(H,66,80)(H,67,84)(H,68,81)(H,69,82)(H,70,86)(H,71,79)(H,76,77)(H,87,88)/b35-5+/t32-,36-,37+,38-,39-,40-,41-,42+,45-,46-,47-,48?/m0/s1. The van der Waals surface area contributed by atoms with E-state index < -0.39 is 181 Å². The van der Waals surface area contributed by atoms with Crippen LogP contribution in [0.5, 0.6) is 0 Å². The van der Waals surface area contributed by atoms with Crippen molar-refractivity contribution in [3.05, 3.63) is 47.2 Å². The molecule has 0 radical (unpaired) electrons. The van der Waals surface area contributed by atoms with Gasteiger partial charge < -0.3 is 100 Å². The molecule has 1 saturated heterocycles. The van der Waals surface area contributed by atoms with Gasteiger partial charge in [-0.3, -0.25) is 47.9 Å². The maximum atomic E-state index is 14.3. The number of carbonyl (C=O) groups excluding carboxylic acids is 10. The summed E-state index contributed by atoms with van der Waals surface area (Å²) >= 11 is 5.89. The highest BCUT2D eigenvalue weighted by Gasteiger charge is 2.41. The smallest absolute Gasteiger partial charge is 0.335 e. The molecule has 12 atom stereocenters. The number of nitrogens with one attached hydrogen (secondary N) is 9. The van der Waals surface area contributed by atoms with Crippen LogP contribution in [0.25, 0.3) is 0 Å². The number of aliphatic hydroxyl groups is 4. The van der Waals surface area contributed by atoms with E-state index in [1.54, 1.807) is 18.2 Å². The van der Waals surface area contributed by atoms with Crippen LogP contribution in [0.4, 0.5) is 0 Å². The molecule has 0 bridgehead atoms. The second-order valence-corrected chi connectivity index (χ2v) is 22.1. The summed E-state index contributed by atoms with van der Waals surface area (Å²) in [6.45, 7) is 2.61. The van der Waals surface area contributed by atoms with E-state index in [9.17, 15) is 88.2 Å². The van der Waals surface area contributed by atoms with E-state index in [1.807, 2.05) is 16.7 Å². The number of esters is 1. The molecular weight excluding hydrogens is 1200 g/mol. The number of amides is 9. The molecule has 1 aliphatic rings. The van der Waals surface area contributed by atoms with E-state index >= 15 is 0 Å². The maximum Gasteiger partial charge on any atom is 0.335 e. The Morgan fingerprint density at radius 1 is 0.644 bits per heavy atom. The van der Waals surface area contributed by atoms with Crippen molar-refractivity contribution in [2.45, 2.75) is 209 Å². The molecule has 1 aromatic rings. The third-order valence-electron chi connectivity index (χ3n) is 14.4. The SMILES string of the molecule is C/C=C1/NC(=O)[C@H]([C@H](C)O)NC(=O)[C@H](CCN)NC(=O)[C@H](CCCCN)NC(=O)[C@H](CC(=O)O)NC(=O)[C@@H](CCN)NC(=O)[C@@H](NC(=O)C[C@H](O)c2cccc(CCCCCCCCCCCC)c2)COC(=O)[C@H]([C@H](O)CCl)NC(=O)[C@H](C(O)C(=O)O)NC1=O. The Hall–Kier alpha value is -7.39. The highest BCUT2D eigenvalue weighted by atomic mass is 35.5. The summed E-state index contributed by atoms with van der Waals surface area (Å²) in [6, 6.07) is -9.12. The van der Waals surface area contributed by atoms with E-state index in [1.165, 1.54) is 39.0 Å². The molecule has 31 nitrogen and oxygen atoms in total. The fourth-order valence-electron chi connectivity index (χ4n) is 9.29. The van der Waals surface area contributed by atoms with Gasteiger partial charge in [-0.15, -0.1) is 11.6 Å². The lowest BCUT2D eigenvalue weighted by Gasteiger charge is -2.28. The molecule has 1 unspecified atom stereocenters. The number of aliphatic carboxylic acids is 2. The topological polar surface area (TPSA) is 522 Å². The van der Waals surface area contributed by atoms with Crippen molar-refractivity contribution < 1.29 is 92.9 Å². The number of rotatable bonds is 30. The van der Waals surface area contributed by atoms with Gasteiger partial charge in [0.15, 0.2) is 12.1 Å². The number of carboxylic acids is 2. The Morgan fingerprint density at radius 2 is 1.18 bits per heavy atom. The van der Waals surface area contributed by atoms with E-state index in [2.05, 4.69) is 44.1 Å². The van der Waals surface area contributed by atoms with Crippen LogP contribution < -0.4 is 65.1 Å². The lowest BCUT2D eigenvalue weighted by Crippen LogP contribution is -2.62. The van der Waals surface area contributed by atoms with Crippen LogP contribution in [0.3, 0.4) is 0 Å². The highest BCUT2D eigenvalue weighted by Crippen LogP contribution is 2.21. The predicted octanol–water partition coefficient (Wildman–Crippen LogP) is -3.24. The Labute approximate surface area is 527 Å². The zero-order chi connectivity index (χ0) is 67.5. The molecule has 9 amide bonds. The van der Waals surface area contributed by atoms with Crippen LogP contribution in [0.15, 0.2) is 36.0 Å². The number of benzene rings is 1. The summed E-state index contributed by atoms with van der Waals surface area (Å²) in [5.74, 6) is -17.9. The number of aliphatic hydroxyl groups excluding tert-OH is 4. The van der Waals surface area contributed by atoms with Gasteiger partial charge in [0.25, 0.3) is 5.91 Å². The maximum absolute atomic E-state index is 14.3. The van der Waals surface area contributed by atoms with Gasteiger partial charge in [-0.05, 0) is 89.6 Å². The number of nitrogens with two attached hydrogens (primary N) is 3. The number of hydrogen-bond donors (Lipinski definition) is 18. The first kappa shape index (κ1) is 78.7. The molecule has 2 rings (SSSR count). The molecule has 1 fully saturated rings.